The first-order valence-electron chi connectivity index (χ1n) is 11.9. The number of hydrogen-bond acceptors (Lipinski definition) is 5. The van der Waals surface area contributed by atoms with Gasteiger partial charge in [-0.05, 0) is 62.9 Å². The Morgan fingerprint density at radius 3 is 2.29 bits per heavy atom. The molecular weight excluding hydrogens is 430 g/mol. The summed E-state index contributed by atoms with van der Waals surface area (Å²) >= 11 is 0. The van der Waals surface area contributed by atoms with E-state index in [0.29, 0.717) is 19.0 Å². The molecule has 180 valence electrons. The lowest BCUT2D eigenvalue weighted by atomic mass is 9.97. The van der Waals surface area contributed by atoms with Crippen molar-refractivity contribution in [3.63, 3.8) is 0 Å². The third-order valence-corrected chi connectivity index (χ3v) is 6.43. The van der Waals surface area contributed by atoms with Gasteiger partial charge in [0, 0.05) is 30.1 Å². The molecule has 0 aliphatic carbocycles. The smallest absolute Gasteiger partial charge is 0.343 e. The zero-order valence-electron chi connectivity index (χ0n) is 20.3. The lowest BCUT2D eigenvalue weighted by Crippen LogP contribution is -2.47. The minimum Gasteiger partial charge on any atom is -0.497 e. The number of hydroxylamine groups is 2. The van der Waals surface area contributed by atoms with Crippen LogP contribution < -0.4 is 4.74 Å². The molecule has 1 fully saturated rings. The number of carbonyl (C=O) groups is 1. The fraction of sp³-hybridized carbons (Fsp3) is 0.407. The average molecular weight is 464 g/mol. The van der Waals surface area contributed by atoms with Gasteiger partial charge in [-0.1, -0.05) is 31.2 Å². The van der Waals surface area contributed by atoms with Crippen LogP contribution in [0.5, 0.6) is 5.75 Å². The van der Waals surface area contributed by atoms with Crippen molar-refractivity contribution in [2.75, 3.05) is 20.2 Å². The third kappa shape index (κ3) is 4.94. The standard InChI is InChI=1S/C27H33N3O4/c1-5-19-6-8-21(9-7-19)25-24(20-10-12-23(33-4)13-11-20)28-26(34-25)22-14-16-29(17-15-22)27(31)30(32)18(2)3/h6-13,18,22,32H,5,14-17H2,1-4H3. The molecule has 1 N–H and O–H groups in total. The Hall–Kier alpha value is -3.32. The van der Waals surface area contributed by atoms with Gasteiger partial charge in [0.1, 0.15) is 11.4 Å². The Balaban J connectivity index is 1.61. The molecule has 4 rings (SSSR count). The van der Waals surface area contributed by atoms with Gasteiger partial charge in [0.05, 0.1) is 13.2 Å². The van der Waals surface area contributed by atoms with Crippen LogP contribution in [-0.2, 0) is 6.42 Å². The van der Waals surface area contributed by atoms with Crippen molar-refractivity contribution in [3.05, 3.63) is 60.0 Å². The topological polar surface area (TPSA) is 79.0 Å². The summed E-state index contributed by atoms with van der Waals surface area (Å²) in [5.41, 5.74) is 4.03. The molecule has 1 aliphatic heterocycles. The van der Waals surface area contributed by atoms with Crippen molar-refractivity contribution in [2.24, 2.45) is 0 Å². The SMILES string of the molecule is CCc1ccc(-c2oc(C3CCN(C(=O)N(O)C(C)C)CC3)nc2-c2ccc(OC)cc2)cc1. The minimum absolute atomic E-state index is 0.107. The zero-order chi connectivity index (χ0) is 24.2. The van der Waals surface area contributed by atoms with Crippen LogP contribution in [0, 0.1) is 0 Å². The van der Waals surface area contributed by atoms with Gasteiger partial charge in [-0.25, -0.2) is 14.8 Å². The monoisotopic (exact) mass is 463 g/mol. The second-order valence-electron chi connectivity index (χ2n) is 8.99. The molecule has 0 atom stereocenters. The number of hydrogen-bond donors (Lipinski definition) is 1. The largest absolute Gasteiger partial charge is 0.497 e. The fourth-order valence-corrected chi connectivity index (χ4v) is 4.23. The van der Waals surface area contributed by atoms with E-state index >= 15 is 0 Å². The van der Waals surface area contributed by atoms with E-state index in [1.165, 1.54) is 5.56 Å². The van der Waals surface area contributed by atoms with E-state index in [9.17, 15) is 10.0 Å². The number of amides is 2. The molecule has 0 spiro atoms. The molecule has 34 heavy (non-hydrogen) atoms. The minimum atomic E-state index is -0.350. The first-order chi connectivity index (χ1) is 16.4. The summed E-state index contributed by atoms with van der Waals surface area (Å²) in [6.07, 6.45) is 2.44. The van der Waals surface area contributed by atoms with Crippen LogP contribution in [0.4, 0.5) is 4.79 Å². The predicted octanol–water partition coefficient (Wildman–Crippen LogP) is 5.98. The summed E-state index contributed by atoms with van der Waals surface area (Å²) in [6, 6.07) is 15.6. The number of oxazole rings is 1. The Morgan fingerprint density at radius 2 is 1.74 bits per heavy atom. The Kier molecular flexibility index (Phi) is 7.22. The summed E-state index contributed by atoms with van der Waals surface area (Å²) in [4.78, 5) is 19.1. The number of aryl methyl sites for hydroxylation is 1. The molecular formula is C27H33N3O4. The number of benzene rings is 2. The highest BCUT2D eigenvalue weighted by Crippen LogP contribution is 2.38. The molecule has 0 unspecified atom stereocenters. The number of methoxy groups -OCH3 is 1. The molecule has 2 heterocycles. The van der Waals surface area contributed by atoms with Gasteiger partial charge in [0.25, 0.3) is 0 Å². The van der Waals surface area contributed by atoms with Crippen LogP contribution in [-0.4, -0.2) is 52.4 Å². The van der Waals surface area contributed by atoms with E-state index in [4.69, 9.17) is 14.1 Å². The van der Waals surface area contributed by atoms with Gasteiger partial charge in [0.2, 0.25) is 0 Å². The number of likely N-dealkylation sites (tertiary alicyclic amines) is 1. The Morgan fingerprint density at radius 1 is 1.12 bits per heavy atom. The molecule has 0 saturated carbocycles. The summed E-state index contributed by atoms with van der Waals surface area (Å²) in [5.74, 6) is 2.34. The maximum atomic E-state index is 12.5. The van der Waals surface area contributed by atoms with E-state index in [2.05, 4.69) is 31.2 Å². The van der Waals surface area contributed by atoms with Gasteiger partial charge >= 0.3 is 6.03 Å². The van der Waals surface area contributed by atoms with Gasteiger partial charge in [-0.15, -0.1) is 0 Å². The Labute approximate surface area is 200 Å². The van der Waals surface area contributed by atoms with Crippen molar-refractivity contribution in [1.29, 1.82) is 0 Å². The van der Waals surface area contributed by atoms with Gasteiger partial charge in [-0.2, -0.15) is 0 Å². The second-order valence-corrected chi connectivity index (χ2v) is 8.99. The van der Waals surface area contributed by atoms with E-state index < -0.39 is 0 Å². The number of ether oxygens (including phenoxy) is 1. The molecule has 1 aromatic heterocycles. The number of piperidine rings is 1. The molecule has 0 radical (unpaired) electrons. The predicted molar refractivity (Wildman–Crippen MR) is 131 cm³/mol. The molecule has 2 amide bonds. The van der Waals surface area contributed by atoms with Crippen LogP contribution in [0.1, 0.15) is 51.0 Å². The molecule has 7 nitrogen and oxygen atoms in total. The molecule has 3 aromatic rings. The van der Waals surface area contributed by atoms with Crippen molar-refractivity contribution in [3.8, 4) is 28.3 Å². The fourth-order valence-electron chi connectivity index (χ4n) is 4.23. The van der Waals surface area contributed by atoms with Crippen LogP contribution >= 0.6 is 0 Å². The number of rotatable bonds is 6. The lowest BCUT2D eigenvalue weighted by Gasteiger charge is -2.33. The lowest BCUT2D eigenvalue weighted by molar-refractivity contribution is -0.0815. The number of carbonyl (C=O) groups excluding carboxylic acids is 1. The number of urea groups is 1. The second kappa shape index (κ2) is 10.3. The average Bonchev–Trinajstić information content (AvgIpc) is 3.33. The normalized spacial score (nSPS) is 14.5. The highest BCUT2D eigenvalue weighted by atomic mass is 16.5. The summed E-state index contributed by atoms with van der Waals surface area (Å²) in [5, 5.41) is 10.8. The third-order valence-electron chi connectivity index (χ3n) is 6.43. The van der Waals surface area contributed by atoms with Crippen LogP contribution in [0.15, 0.2) is 52.9 Å². The zero-order valence-corrected chi connectivity index (χ0v) is 20.3. The molecule has 2 aromatic carbocycles. The highest BCUT2D eigenvalue weighted by molar-refractivity contribution is 5.77. The maximum Gasteiger partial charge on any atom is 0.343 e. The van der Waals surface area contributed by atoms with Crippen LogP contribution in [0.2, 0.25) is 0 Å². The van der Waals surface area contributed by atoms with Crippen molar-refractivity contribution in [1.82, 2.24) is 14.9 Å². The van der Waals surface area contributed by atoms with E-state index in [0.717, 1.165) is 52.7 Å². The number of aromatic nitrogens is 1. The van der Waals surface area contributed by atoms with E-state index in [1.807, 2.05) is 24.3 Å². The quantitative estimate of drug-likeness (QED) is 0.359. The highest BCUT2D eigenvalue weighted by Gasteiger charge is 2.31. The van der Waals surface area contributed by atoms with Gasteiger partial charge in [-0.3, -0.25) is 5.21 Å². The summed E-state index contributed by atoms with van der Waals surface area (Å²) in [6.45, 7) is 6.81. The molecule has 7 heteroatoms. The summed E-state index contributed by atoms with van der Waals surface area (Å²) in [7, 11) is 1.65. The Bertz CT molecular complexity index is 1030. The van der Waals surface area contributed by atoms with E-state index in [-0.39, 0.29) is 18.0 Å². The molecule has 1 aliphatic rings. The van der Waals surface area contributed by atoms with Crippen molar-refractivity contribution >= 4 is 6.03 Å². The van der Waals surface area contributed by atoms with Gasteiger partial charge < -0.3 is 14.1 Å². The maximum absolute atomic E-state index is 12.5. The first kappa shape index (κ1) is 23.8. The first-order valence-corrected chi connectivity index (χ1v) is 11.9. The number of nitrogens with zero attached hydrogens (tertiary/aromatic N) is 3. The molecule has 0 bridgehead atoms. The van der Waals surface area contributed by atoms with Crippen LogP contribution in [0.3, 0.4) is 0 Å². The van der Waals surface area contributed by atoms with Crippen molar-refractivity contribution in [2.45, 2.75) is 52.0 Å². The molecule has 1 saturated heterocycles. The van der Waals surface area contributed by atoms with Gasteiger partial charge in [0.15, 0.2) is 11.7 Å². The van der Waals surface area contributed by atoms with Crippen LogP contribution in [0.25, 0.3) is 22.6 Å². The summed E-state index contributed by atoms with van der Waals surface area (Å²) < 4.78 is 11.7. The van der Waals surface area contributed by atoms with E-state index in [1.54, 1.807) is 25.9 Å². The van der Waals surface area contributed by atoms with Crippen molar-refractivity contribution < 1.29 is 19.2 Å².